The molecule has 0 aliphatic heterocycles. The smallest absolute Gasteiger partial charge is 0.314 e. The first kappa shape index (κ1) is 38.9. The van der Waals surface area contributed by atoms with Gasteiger partial charge in [-0.05, 0) is 110 Å². The van der Waals surface area contributed by atoms with Crippen molar-refractivity contribution in [3.8, 4) is 11.5 Å². The number of phenols is 2. The summed E-state index contributed by atoms with van der Waals surface area (Å²) in [6, 6.07) is 21.0. The van der Waals surface area contributed by atoms with E-state index in [1.54, 1.807) is 13.8 Å². The van der Waals surface area contributed by atoms with E-state index < -0.39 is 53.7 Å². The molecule has 0 radical (unpaired) electrons. The summed E-state index contributed by atoms with van der Waals surface area (Å²) in [4.78, 5) is 51.1. The Balaban J connectivity index is 1.10. The van der Waals surface area contributed by atoms with Gasteiger partial charge in [-0.2, -0.15) is 16.8 Å². The van der Waals surface area contributed by atoms with Gasteiger partial charge < -0.3 is 31.5 Å². The van der Waals surface area contributed by atoms with Crippen molar-refractivity contribution in [1.29, 1.82) is 0 Å². The molecule has 8 N–H and O–H groups in total. The fraction of sp³-hybridized carbons (Fsp3) is 0.0526. The fourth-order valence-corrected chi connectivity index (χ4v) is 6.81. The lowest BCUT2D eigenvalue weighted by Crippen LogP contribution is -2.29. The van der Waals surface area contributed by atoms with Crippen molar-refractivity contribution in [3.05, 3.63) is 119 Å². The van der Waals surface area contributed by atoms with Crippen LogP contribution in [0.4, 0.5) is 22.7 Å². The van der Waals surface area contributed by atoms with Gasteiger partial charge in [0, 0.05) is 55.4 Å². The number of carbonyl (C=O) groups excluding carboxylic acids is 4. The van der Waals surface area contributed by atoms with E-state index >= 15 is 0 Å². The number of hydrogen-bond donors (Lipinski definition) is 8. The van der Waals surface area contributed by atoms with Crippen molar-refractivity contribution in [2.24, 2.45) is 0 Å². The number of anilines is 4. The monoisotopic (exact) mass is 798 g/mol. The highest BCUT2D eigenvalue weighted by Crippen LogP contribution is 2.35. The molecule has 0 aliphatic carbocycles. The van der Waals surface area contributed by atoms with Gasteiger partial charge in [0.05, 0.1) is 9.79 Å². The van der Waals surface area contributed by atoms with Crippen molar-refractivity contribution in [3.63, 3.8) is 0 Å². The standard InChI is InChI=1S/C38H30N4O12S2/c1-19-15-21(35(45)41-31-11-13-33(43)27-17-23(55(49,50)51)5-7-25(27)31)3-9-29(19)39-37(47)38(48)40-30-10-4-22(16-20(30)2)36(46)42-32-12-14-34(44)28-18-24(56(52,53)54)6-8-26(28)32/h3-18,43-44H,1-2H3,(H,39,47)(H,40,48)(H,41,45)(H,42,46)(H,49,50,51)(H,52,53,54). The largest absolute Gasteiger partial charge is 0.507 e. The number of hydrogen-bond acceptors (Lipinski definition) is 10. The Hall–Kier alpha value is -6.86. The Morgan fingerprint density at radius 3 is 1.14 bits per heavy atom. The molecule has 6 aromatic rings. The van der Waals surface area contributed by atoms with Gasteiger partial charge in [-0.15, -0.1) is 0 Å². The Morgan fingerprint density at radius 2 is 0.804 bits per heavy atom. The number of aryl methyl sites for hydroxylation is 2. The van der Waals surface area contributed by atoms with Crippen LogP contribution in [-0.4, -0.2) is 59.8 Å². The average Bonchev–Trinajstić information content (AvgIpc) is 3.14. The lowest BCUT2D eigenvalue weighted by atomic mass is 10.1. The molecule has 0 aromatic heterocycles. The van der Waals surface area contributed by atoms with Crippen LogP contribution in [-0.2, 0) is 29.8 Å². The van der Waals surface area contributed by atoms with Gasteiger partial charge >= 0.3 is 11.8 Å². The topological polar surface area (TPSA) is 266 Å². The molecule has 6 rings (SSSR count). The van der Waals surface area contributed by atoms with Crippen LogP contribution >= 0.6 is 0 Å². The third-order valence-electron chi connectivity index (χ3n) is 8.70. The van der Waals surface area contributed by atoms with Crippen LogP contribution in [0, 0.1) is 13.8 Å². The Bertz CT molecular complexity index is 2700. The maximum atomic E-state index is 13.1. The van der Waals surface area contributed by atoms with Crippen LogP contribution in [0.1, 0.15) is 31.8 Å². The molecule has 56 heavy (non-hydrogen) atoms. The highest BCUT2D eigenvalue weighted by Gasteiger charge is 2.20. The molecule has 0 heterocycles. The average molecular weight is 799 g/mol. The highest BCUT2D eigenvalue weighted by molar-refractivity contribution is 7.86. The first-order chi connectivity index (χ1) is 26.3. The lowest BCUT2D eigenvalue weighted by Gasteiger charge is -2.14. The molecule has 18 heteroatoms. The predicted molar refractivity (Wildman–Crippen MR) is 206 cm³/mol. The van der Waals surface area contributed by atoms with E-state index in [0.717, 1.165) is 24.3 Å². The van der Waals surface area contributed by atoms with Crippen LogP contribution in [0.25, 0.3) is 21.5 Å². The SMILES string of the molecule is Cc1cc(C(=O)Nc2ccc(O)c3cc(S(=O)(=O)O)ccc23)ccc1NC(=O)C(=O)Nc1ccc(C(=O)Nc2ccc(O)c3cc(S(=O)(=O)O)ccc23)cc1C. The second kappa shape index (κ2) is 14.8. The van der Waals surface area contributed by atoms with E-state index in [-0.39, 0.29) is 56.1 Å². The minimum Gasteiger partial charge on any atom is -0.507 e. The summed E-state index contributed by atoms with van der Waals surface area (Å²) in [5.74, 6) is -3.75. The molecule has 0 aliphatic rings. The quantitative estimate of drug-likeness (QED) is 0.0532. The maximum absolute atomic E-state index is 13.1. The zero-order chi connectivity index (χ0) is 40.7. The van der Waals surface area contributed by atoms with Crippen molar-refractivity contribution < 1.29 is 55.3 Å². The van der Waals surface area contributed by atoms with E-state index in [2.05, 4.69) is 21.3 Å². The molecular formula is C38H30N4O12S2. The Labute approximate surface area is 318 Å². The molecule has 0 atom stereocenters. The third kappa shape index (κ3) is 8.12. The number of rotatable bonds is 8. The summed E-state index contributed by atoms with van der Waals surface area (Å²) >= 11 is 0. The summed E-state index contributed by atoms with van der Waals surface area (Å²) in [6.07, 6.45) is 0. The Kier molecular flexibility index (Phi) is 10.2. The van der Waals surface area contributed by atoms with Crippen LogP contribution < -0.4 is 21.3 Å². The number of nitrogens with one attached hydrogen (secondary N) is 4. The summed E-state index contributed by atoms with van der Waals surface area (Å²) in [7, 11) is -9.09. The summed E-state index contributed by atoms with van der Waals surface area (Å²) in [5, 5.41) is 31.6. The molecule has 0 saturated carbocycles. The van der Waals surface area contributed by atoms with Crippen LogP contribution in [0.3, 0.4) is 0 Å². The van der Waals surface area contributed by atoms with Crippen molar-refractivity contribution in [2.75, 3.05) is 21.3 Å². The molecule has 0 saturated heterocycles. The predicted octanol–water partition coefficient (Wildman–Crippen LogP) is 5.60. The van der Waals surface area contributed by atoms with Gasteiger partial charge in [-0.25, -0.2) is 0 Å². The van der Waals surface area contributed by atoms with Gasteiger partial charge in [0.25, 0.3) is 32.1 Å². The number of carbonyl (C=O) groups is 4. The molecule has 0 bridgehead atoms. The second-order valence-corrected chi connectivity index (χ2v) is 15.3. The van der Waals surface area contributed by atoms with E-state index in [1.807, 2.05) is 0 Å². The van der Waals surface area contributed by atoms with Gasteiger partial charge in [-0.1, -0.05) is 12.1 Å². The molecule has 286 valence electrons. The molecule has 0 unspecified atom stereocenters. The maximum Gasteiger partial charge on any atom is 0.314 e. The van der Waals surface area contributed by atoms with Crippen LogP contribution in [0.2, 0.25) is 0 Å². The molecule has 6 aromatic carbocycles. The number of phenolic OH excluding ortho intramolecular Hbond substituents is 2. The summed E-state index contributed by atoms with van der Waals surface area (Å²) in [5.41, 5.74) is 2.15. The van der Waals surface area contributed by atoms with Crippen LogP contribution in [0.5, 0.6) is 11.5 Å². The Morgan fingerprint density at radius 1 is 0.446 bits per heavy atom. The van der Waals surface area contributed by atoms with E-state index in [1.165, 1.54) is 72.8 Å². The molecule has 0 spiro atoms. The van der Waals surface area contributed by atoms with Gasteiger partial charge in [0.2, 0.25) is 0 Å². The minimum absolute atomic E-state index is 0.0736. The van der Waals surface area contributed by atoms with Gasteiger partial charge in [-0.3, -0.25) is 28.3 Å². The molecule has 4 amide bonds. The number of benzene rings is 6. The van der Waals surface area contributed by atoms with Crippen molar-refractivity contribution in [1.82, 2.24) is 0 Å². The molecular weight excluding hydrogens is 769 g/mol. The first-order valence-corrected chi connectivity index (χ1v) is 19.1. The summed E-state index contributed by atoms with van der Waals surface area (Å²) in [6.45, 7) is 3.20. The normalized spacial score (nSPS) is 11.6. The highest BCUT2D eigenvalue weighted by atomic mass is 32.2. The zero-order valence-corrected chi connectivity index (χ0v) is 30.7. The van der Waals surface area contributed by atoms with E-state index in [4.69, 9.17) is 0 Å². The van der Waals surface area contributed by atoms with Crippen molar-refractivity contribution >= 4 is 88.2 Å². The zero-order valence-electron chi connectivity index (χ0n) is 29.1. The minimum atomic E-state index is -4.54. The third-order valence-corrected chi connectivity index (χ3v) is 10.4. The van der Waals surface area contributed by atoms with Crippen molar-refractivity contribution in [2.45, 2.75) is 23.6 Å². The first-order valence-electron chi connectivity index (χ1n) is 16.2. The van der Waals surface area contributed by atoms with E-state index in [9.17, 15) is 55.3 Å². The molecule has 0 fully saturated rings. The number of fused-ring (bicyclic) bond motifs is 2. The number of amides is 4. The number of aromatic hydroxyl groups is 2. The molecule has 16 nitrogen and oxygen atoms in total. The summed E-state index contributed by atoms with van der Waals surface area (Å²) < 4.78 is 65.0. The fourth-order valence-electron chi connectivity index (χ4n) is 5.80. The lowest BCUT2D eigenvalue weighted by molar-refractivity contribution is -0.133. The van der Waals surface area contributed by atoms with Gasteiger partial charge in [0.1, 0.15) is 11.5 Å². The van der Waals surface area contributed by atoms with Gasteiger partial charge in [0.15, 0.2) is 0 Å². The second-order valence-electron chi connectivity index (χ2n) is 12.5. The van der Waals surface area contributed by atoms with Crippen LogP contribution in [0.15, 0.2) is 107 Å². The van der Waals surface area contributed by atoms with E-state index in [0.29, 0.717) is 21.9 Å².